The van der Waals surface area contributed by atoms with E-state index in [1.165, 1.54) is 0 Å². The summed E-state index contributed by atoms with van der Waals surface area (Å²) in [5.41, 5.74) is 0. The first-order valence-electron chi connectivity index (χ1n) is 2.99. The predicted molar refractivity (Wildman–Crippen MR) is 36.0 cm³/mol. The van der Waals surface area contributed by atoms with Gasteiger partial charge in [-0.1, -0.05) is 0 Å². The van der Waals surface area contributed by atoms with Crippen molar-refractivity contribution in [2.75, 3.05) is 0 Å². The van der Waals surface area contributed by atoms with Crippen LogP contribution in [0.5, 0.6) is 0 Å². The van der Waals surface area contributed by atoms with Crippen LogP contribution in [0.25, 0.3) is 0 Å². The van der Waals surface area contributed by atoms with Crippen molar-refractivity contribution in [3.63, 3.8) is 0 Å². The van der Waals surface area contributed by atoms with Gasteiger partial charge >= 0.3 is 6.03 Å². The maximum absolute atomic E-state index is 10.8. The first-order chi connectivity index (χ1) is 5.15. The molecule has 0 aromatic carbocycles. The van der Waals surface area contributed by atoms with Crippen LogP contribution in [-0.2, 0) is 9.59 Å². The van der Waals surface area contributed by atoms with Gasteiger partial charge < -0.3 is 5.32 Å². The van der Waals surface area contributed by atoms with Crippen molar-refractivity contribution in [2.45, 2.75) is 12.4 Å². The Bertz CT molecular complexity index is 228. The molecule has 0 saturated carbocycles. The van der Waals surface area contributed by atoms with E-state index in [0.29, 0.717) is 0 Å². The molecule has 1 atom stereocenters. The first-order valence-corrected chi connectivity index (χ1v) is 2.99. The zero-order valence-electron chi connectivity index (χ0n) is 5.59. The van der Waals surface area contributed by atoms with E-state index >= 15 is 0 Å². The molecule has 1 rings (SSSR count). The number of nitrogens with one attached hydrogen (secondary N) is 2. The van der Waals surface area contributed by atoms with Gasteiger partial charge in [-0.3, -0.25) is 14.9 Å². The van der Waals surface area contributed by atoms with E-state index in [4.69, 9.17) is 7.85 Å². The molecule has 0 aromatic rings. The van der Waals surface area contributed by atoms with Crippen LogP contribution >= 0.6 is 0 Å². The Labute approximate surface area is 63.9 Å². The fourth-order valence-corrected chi connectivity index (χ4v) is 0.761. The smallest absolute Gasteiger partial charge is 0.319 e. The Morgan fingerprint density at radius 2 is 2.18 bits per heavy atom. The number of rotatable bonds is 2. The van der Waals surface area contributed by atoms with Gasteiger partial charge in [-0.15, -0.1) is 0 Å². The highest BCUT2D eigenvalue weighted by atomic mass is 16.2. The third kappa shape index (κ3) is 1.39. The van der Waals surface area contributed by atoms with E-state index in [9.17, 15) is 14.4 Å². The molecule has 11 heavy (non-hydrogen) atoms. The number of Topliss-reactive ketones (excluding diaryl/α,β-unsaturated/α-hetero) is 1. The molecule has 1 aliphatic heterocycles. The summed E-state index contributed by atoms with van der Waals surface area (Å²) in [6.45, 7) is 0. The van der Waals surface area contributed by atoms with Crippen molar-refractivity contribution in [1.82, 2.24) is 10.6 Å². The summed E-state index contributed by atoms with van der Waals surface area (Å²) in [5.74, 6) is -1.13. The lowest BCUT2D eigenvalue weighted by atomic mass is 9.96. The molecule has 6 heteroatoms. The highest BCUT2D eigenvalue weighted by Crippen LogP contribution is 1.96. The molecular formula is C5H5BN2O3. The number of hydrogen-bond acceptors (Lipinski definition) is 3. The second-order valence-corrected chi connectivity index (χ2v) is 2.07. The van der Waals surface area contributed by atoms with Crippen LogP contribution in [0.1, 0.15) is 0 Å². The van der Waals surface area contributed by atoms with E-state index in [2.05, 4.69) is 5.32 Å². The summed E-state index contributed by atoms with van der Waals surface area (Å²) in [7, 11) is 4.98. The predicted octanol–water partition coefficient (Wildman–Crippen LogP) is -1.65. The Morgan fingerprint density at radius 1 is 1.55 bits per heavy atom. The van der Waals surface area contributed by atoms with Gasteiger partial charge in [0.1, 0.15) is 0 Å². The Hall–Kier alpha value is -1.33. The summed E-state index contributed by atoms with van der Waals surface area (Å²) in [6, 6.07) is -1.74. The summed E-state index contributed by atoms with van der Waals surface area (Å²) in [4.78, 5) is 31.9. The van der Waals surface area contributed by atoms with Crippen molar-refractivity contribution in [2.24, 2.45) is 0 Å². The Balaban J connectivity index is 2.67. The maximum atomic E-state index is 10.8. The maximum Gasteiger partial charge on any atom is 0.322 e. The van der Waals surface area contributed by atoms with Crippen LogP contribution < -0.4 is 10.6 Å². The monoisotopic (exact) mass is 152 g/mol. The summed E-state index contributed by atoms with van der Waals surface area (Å²) >= 11 is 0. The van der Waals surface area contributed by atoms with Crippen LogP contribution in [0.3, 0.4) is 0 Å². The van der Waals surface area contributed by atoms with E-state index < -0.39 is 23.8 Å². The normalized spacial score (nSPS) is 22.7. The number of carbonyl (C=O) groups excluding carboxylic acids is 3. The van der Waals surface area contributed by atoms with Crippen molar-refractivity contribution in [1.29, 1.82) is 0 Å². The van der Waals surface area contributed by atoms with Gasteiger partial charge in [0.2, 0.25) is 0 Å². The summed E-state index contributed by atoms with van der Waals surface area (Å²) < 4.78 is 0. The summed E-state index contributed by atoms with van der Waals surface area (Å²) in [6.07, 6.45) is -0.252. The molecule has 0 aliphatic carbocycles. The zero-order valence-corrected chi connectivity index (χ0v) is 5.59. The molecule has 0 spiro atoms. The van der Waals surface area contributed by atoms with Crippen LogP contribution in [-0.4, -0.2) is 31.6 Å². The molecule has 1 fully saturated rings. The van der Waals surface area contributed by atoms with Gasteiger partial charge in [-0.2, -0.15) is 0 Å². The minimum Gasteiger partial charge on any atom is -0.319 e. The fourth-order valence-electron chi connectivity index (χ4n) is 0.761. The lowest BCUT2D eigenvalue weighted by Crippen LogP contribution is -2.36. The molecular weight excluding hydrogens is 147 g/mol. The zero-order chi connectivity index (χ0) is 8.43. The molecule has 1 saturated heterocycles. The molecule has 2 radical (unpaired) electrons. The van der Waals surface area contributed by atoms with E-state index in [1.807, 2.05) is 5.32 Å². The number of imide groups is 1. The average Bonchev–Trinajstić information content (AvgIpc) is 2.28. The van der Waals surface area contributed by atoms with Gasteiger partial charge in [0.05, 0.1) is 7.85 Å². The van der Waals surface area contributed by atoms with Gasteiger partial charge in [0, 0.05) is 0 Å². The van der Waals surface area contributed by atoms with Crippen LogP contribution in [0, 0.1) is 0 Å². The lowest BCUT2D eigenvalue weighted by molar-refractivity contribution is -0.127. The Morgan fingerprint density at radius 3 is 2.55 bits per heavy atom. The summed E-state index contributed by atoms with van der Waals surface area (Å²) in [5, 5.41) is 4.04. The van der Waals surface area contributed by atoms with Gasteiger partial charge in [0.25, 0.3) is 5.91 Å². The number of urea groups is 1. The lowest BCUT2D eigenvalue weighted by Gasteiger charge is -2.01. The minimum atomic E-state index is -1.09. The number of carbonyl (C=O) groups is 3. The van der Waals surface area contributed by atoms with Crippen LogP contribution in [0.15, 0.2) is 0 Å². The second-order valence-electron chi connectivity index (χ2n) is 2.07. The van der Waals surface area contributed by atoms with Gasteiger partial charge in [0.15, 0.2) is 11.8 Å². The molecule has 0 aromatic heterocycles. The topological polar surface area (TPSA) is 75.3 Å². The van der Waals surface area contributed by atoms with E-state index in [-0.39, 0.29) is 6.32 Å². The van der Waals surface area contributed by atoms with Crippen LogP contribution in [0.2, 0.25) is 6.32 Å². The third-order valence-corrected chi connectivity index (χ3v) is 1.30. The molecule has 5 nitrogen and oxygen atoms in total. The Kier molecular flexibility index (Phi) is 1.93. The first kappa shape index (κ1) is 7.78. The molecule has 0 unspecified atom stereocenters. The quantitative estimate of drug-likeness (QED) is 0.282. The number of amides is 3. The molecule has 1 heterocycles. The standard InChI is InChI=1S/C5H5BN2O3/c6-1-2(9)3-4(10)8-5(11)7-3/h3H,1H2,(H2,7,8,10,11)/t3-/m0/s1. The van der Waals surface area contributed by atoms with Crippen LogP contribution in [0.4, 0.5) is 4.79 Å². The van der Waals surface area contributed by atoms with Crippen molar-refractivity contribution >= 4 is 25.6 Å². The molecule has 3 amide bonds. The fraction of sp³-hybridized carbons (Fsp3) is 0.400. The second kappa shape index (κ2) is 2.73. The average molecular weight is 152 g/mol. The molecule has 0 bridgehead atoms. The molecule has 2 N–H and O–H groups in total. The third-order valence-electron chi connectivity index (χ3n) is 1.30. The molecule has 1 aliphatic rings. The van der Waals surface area contributed by atoms with Gasteiger partial charge in [-0.25, -0.2) is 4.79 Å². The number of hydrogen-bond donors (Lipinski definition) is 2. The van der Waals surface area contributed by atoms with Gasteiger partial charge in [-0.05, 0) is 6.32 Å². The minimum absolute atomic E-state index is 0.252. The van der Waals surface area contributed by atoms with Crippen molar-refractivity contribution in [3.8, 4) is 0 Å². The molecule has 56 valence electrons. The van der Waals surface area contributed by atoms with Crippen molar-refractivity contribution < 1.29 is 14.4 Å². The largest absolute Gasteiger partial charge is 0.322 e. The highest BCUT2D eigenvalue weighted by Gasteiger charge is 2.33. The van der Waals surface area contributed by atoms with E-state index in [1.54, 1.807) is 0 Å². The van der Waals surface area contributed by atoms with E-state index in [0.717, 1.165) is 0 Å². The SMILES string of the molecule is [B]CC(=O)[C@@H]1NC(=O)NC1=O. The number of ketones is 1. The highest BCUT2D eigenvalue weighted by molar-refractivity contribution is 6.27. The van der Waals surface area contributed by atoms with Crippen molar-refractivity contribution in [3.05, 3.63) is 0 Å².